The molecule has 12 heteroatoms. The average molecular weight is 584 g/mol. The summed E-state index contributed by atoms with van der Waals surface area (Å²) < 4.78 is 53.1. The number of nitrogens with zero attached hydrogens (tertiary/aromatic N) is 5. The monoisotopic (exact) mass is 583 g/mol. The van der Waals surface area contributed by atoms with Crippen molar-refractivity contribution in [1.29, 1.82) is 0 Å². The molecule has 2 amide bonds. The molecule has 0 radical (unpaired) electrons. The fourth-order valence-corrected chi connectivity index (χ4v) is 5.94. The van der Waals surface area contributed by atoms with Crippen molar-refractivity contribution in [2.45, 2.75) is 44.8 Å². The lowest BCUT2D eigenvalue weighted by molar-refractivity contribution is -0.137. The molecule has 7 nitrogen and oxygen atoms in total. The van der Waals surface area contributed by atoms with Crippen LogP contribution in [0.3, 0.4) is 0 Å². The van der Waals surface area contributed by atoms with E-state index in [2.05, 4.69) is 9.88 Å². The van der Waals surface area contributed by atoms with Crippen molar-refractivity contribution in [2.75, 3.05) is 61.6 Å². The number of likely N-dealkylation sites (N-methyl/N-ethyl adjacent to an activating group) is 1. The van der Waals surface area contributed by atoms with Crippen molar-refractivity contribution < 1.29 is 27.2 Å². The second kappa shape index (κ2) is 12.3. The fraction of sp³-hybridized carbons (Fsp3) is 0.536. The van der Waals surface area contributed by atoms with Gasteiger partial charge in [0.1, 0.15) is 18.5 Å². The Hall–Kier alpha value is -2.92. The molecule has 218 valence electrons. The highest BCUT2D eigenvalue weighted by Crippen LogP contribution is 2.38. The summed E-state index contributed by atoms with van der Waals surface area (Å²) >= 11 is 6.63. The van der Waals surface area contributed by atoms with Crippen LogP contribution in [0, 0.1) is 12.8 Å². The maximum Gasteiger partial charge on any atom is 0.416 e. The molecule has 0 unspecified atom stereocenters. The molecule has 4 rings (SSSR count). The number of anilines is 3. The molecule has 2 saturated heterocycles. The van der Waals surface area contributed by atoms with Gasteiger partial charge in [0, 0.05) is 39.3 Å². The molecule has 0 N–H and O–H groups in total. The molecule has 2 aliphatic rings. The molecule has 1 atom stereocenters. The second-order valence-corrected chi connectivity index (χ2v) is 10.9. The third kappa shape index (κ3) is 6.52. The molecular weight excluding hydrogens is 550 g/mol. The summed E-state index contributed by atoms with van der Waals surface area (Å²) in [5, 5.41) is 0.448. The minimum atomic E-state index is -4.62. The summed E-state index contributed by atoms with van der Waals surface area (Å²) in [6.45, 7) is 3.84. The van der Waals surface area contributed by atoms with Crippen molar-refractivity contribution in [1.82, 2.24) is 9.88 Å². The molecule has 1 aromatic heterocycles. The minimum absolute atomic E-state index is 0.0185. The molecule has 0 aliphatic carbocycles. The van der Waals surface area contributed by atoms with Crippen molar-refractivity contribution in [3.63, 3.8) is 0 Å². The van der Waals surface area contributed by atoms with Crippen LogP contribution in [-0.2, 0) is 15.8 Å². The molecule has 0 bridgehead atoms. The highest BCUT2D eigenvalue weighted by atomic mass is 35.5. The van der Waals surface area contributed by atoms with Crippen LogP contribution in [0.25, 0.3) is 0 Å². The number of alkyl halides is 4. The quantitative estimate of drug-likeness (QED) is 0.393. The third-order valence-electron chi connectivity index (χ3n) is 7.69. The Bertz CT molecular complexity index is 1240. The van der Waals surface area contributed by atoms with E-state index in [-0.39, 0.29) is 31.0 Å². The Kier molecular flexibility index (Phi) is 9.24. The van der Waals surface area contributed by atoms with E-state index in [1.54, 1.807) is 25.2 Å². The van der Waals surface area contributed by atoms with Gasteiger partial charge in [-0.15, -0.1) is 0 Å². The zero-order chi connectivity index (χ0) is 29.2. The molecule has 2 aromatic rings. The zero-order valence-electron chi connectivity index (χ0n) is 22.8. The van der Waals surface area contributed by atoms with Gasteiger partial charge in [-0.05, 0) is 69.5 Å². The largest absolute Gasteiger partial charge is 0.416 e. The van der Waals surface area contributed by atoms with E-state index < -0.39 is 29.6 Å². The van der Waals surface area contributed by atoms with Crippen LogP contribution in [-0.4, -0.2) is 74.7 Å². The Balaban J connectivity index is 1.57. The lowest BCUT2D eigenvalue weighted by Crippen LogP contribution is -2.46. The second-order valence-electron chi connectivity index (χ2n) is 10.5. The minimum Gasteiger partial charge on any atom is -0.371 e. The highest BCUT2D eigenvalue weighted by Gasteiger charge is 2.41. The van der Waals surface area contributed by atoms with Gasteiger partial charge in [0.15, 0.2) is 0 Å². The van der Waals surface area contributed by atoms with Gasteiger partial charge in [-0.3, -0.25) is 14.5 Å². The number of carbonyl (C=O) groups excluding carboxylic acids is 2. The summed E-state index contributed by atoms with van der Waals surface area (Å²) in [6.07, 6.45) is -2.61. The topological polar surface area (TPSA) is 60.0 Å². The standard InChI is InChI=1S/C28H34ClF4N5O2/c1-18-15-20(28(31,32)33)16-24(34-18)38-23(7-8-25(38)39)27(40)36(3)22-6-4-5-21(29)26(22)35(2)17-19-9-12-37(13-10-19)14-11-30/h4-6,15-16,19,23H,7-14,17H2,1-3H3/t23-/m0/s1. The van der Waals surface area contributed by atoms with E-state index in [4.69, 9.17) is 11.6 Å². The number of piperidine rings is 1. The van der Waals surface area contributed by atoms with Gasteiger partial charge in [0.2, 0.25) is 11.8 Å². The van der Waals surface area contributed by atoms with Crippen LogP contribution < -0.4 is 14.7 Å². The van der Waals surface area contributed by atoms with Crippen molar-refractivity contribution in [2.24, 2.45) is 5.92 Å². The van der Waals surface area contributed by atoms with Crippen molar-refractivity contribution in [3.05, 3.63) is 46.6 Å². The number of carbonyl (C=O) groups is 2. The van der Waals surface area contributed by atoms with Crippen molar-refractivity contribution >= 4 is 40.6 Å². The lowest BCUT2D eigenvalue weighted by Gasteiger charge is -2.36. The van der Waals surface area contributed by atoms with Crippen LogP contribution in [0.15, 0.2) is 30.3 Å². The van der Waals surface area contributed by atoms with Gasteiger partial charge < -0.3 is 14.7 Å². The summed E-state index contributed by atoms with van der Waals surface area (Å²) in [7, 11) is 3.48. The first kappa shape index (κ1) is 30.0. The lowest BCUT2D eigenvalue weighted by atomic mass is 9.96. The fourth-order valence-electron chi connectivity index (χ4n) is 5.63. The van der Waals surface area contributed by atoms with Gasteiger partial charge in [-0.25, -0.2) is 9.37 Å². The summed E-state index contributed by atoms with van der Waals surface area (Å²) in [4.78, 5) is 37.4. The highest BCUT2D eigenvalue weighted by molar-refractivity contribution is 6.34. The number of aromatic nitrogens is 1. The third-order valence-corrected chi connectivity index (χ3v) is 8.00. The normalized spacial score (nSPS) is 18.9. The predicted molar refractivity (Wildman–Crippen MR) is 148 cm³/mol. The van der Waals surface area contributed by atoms with E-state index >= 15 is 0 Å². The molecule has 3 heterocycles. The maximum absolute atomic E-state index is 13.8. The van der Waals surface area contributed by atoms with E-state index in [9.17, 15) is 27.2 Å². The van der Waals surface area contributed by atoms with Gasteiger partial charge in [-0.2, -0.15) is 13.2 Å². The zero-order valence-corrected chi connectivity index (χ0v) is 23.6. The maximum atomic E-state index is 13.8. The number of benzene rings is 1. The number of halogens is 5. The van der Waals surface area contributed by atoms with Gasteiger partial charge in [0.05, 0.1) is 22.0 Å². The molecular formula is C28H34ClF4N5O2. The summed E-state index contributed by atoms with van der Waals surface area (Å²) in [6, 6.07) is 5.93. The first-order valence-corrected chi connectivity index (χ1v) is 13.7. The van der Waals surface area contributed by atoms with E-state index in [1.165, 1.54) is 11.8 Å². The first-order valence-electron chi connectivity index (χ1n) is 13.3. The van der Waals surface area contributed by atoms with Crippen LogP contribution >= 0.6 is 11.6 Å². The Labute approximate surface area is 236 Å². The number of aryl methyl sites for hydroxylation is 1. The molecule has 0 spiro atoms. The Morgan fingerprint density at radius 2 is 1.85 bits per heavy atom. The Morgan fingerprint density at radius 1 is 1.15 bits per heavy atom. The van der Waals surface area contributed by atoms with Crippen LogP contribution in [0.5, 0.6) is 0 Å². The number of pyridine rings is 1. The molecule has 1 aromatic carbocycles. The van der Waals surface area contributed by atoms with Crippen LogP contribution in [0.2, 0.25) is 5.02 Å². The van der Waals surface area contributed by atoms with Crippen LogP contribution in [0.1, 0.15) is 36.9 Å². The summed E-state index contributed by atoms with van der Waals surface area (Å²) in [5.74, 6) is -0.729. The number of hydrogen-bond donors (Lipinski definition) is 0. The van der Waals surface area contributed by atoms with E-state index in [0.717, 1.165) is 43.0 Å². The van der Waals surface area contributed by atoms with E-state index in [1.807, 2.05) is 11.9 Å². The first-order chi connectivity index (χ1) is 18.9. The SMILES string of the molecule is Cc1cc(C(F)(F)F)cc(N2C(=O)CC[C@H]2C(=O)N(C)c2cccc(Cl)c2N(C)CC2CCN(CCF)CC2)n1. The smallest absolute Gasteiger partial charge is 0.371 e. The summed E-state index contributed by atoms with van der Waals surface area (Å²) in [5.41, 5.74) is 0.347. The van der Waals surface area contributed by atoms with Crippen LogP contribution in [0.4, 0.5) is 34.8 Å². The van der Waals surface area contributed by atoms with Gasteiger partial charge >= 0.3 is 6.18 Å². The van der Waals surface area contributed by atoms with Crippen molar-refractivity contribution in [3.8, 4) is 0 Å². The molecule has 0 saturated carbocycles. The number of para-hydroxylation sites is 1. The van der Waals surface area contributed by atoms with Gasteiger partial charge in [-0.1, -0.05) is 17.7 Å². The molecule has 40 heavy (non-hydrogen) atoms. The average Bonchev–Trinajstić information content (AvgIpc) is 3.29. The predicted octanol–water partition coefficient (Wildman–Crippen LogP) is 5.34. The van der Waals surface area contributed by atoms with E-state index in [0.29, 0.717) is 35.4 Å². The number of amides is 2. The number of rotatable bonds is 8. The number of likely N-dealkylation sites (tertiary alicyclic amines) is 1. The van der Waals surface area contributed by atoms with Gasteiger partial charge in [0.25, 0.3) is 0 Å². The molecule has 2 fully saturated rings. The Morgan fingerprint density at radius 3 is 2.50 bits per heavy atom. The molecule has 2 aliphatic heterocycles. The number of hydrogen-bond acceptors (Lipinski definition) is 5.